The minimum atomic E-state index is -0.377. The number of carbonyl (C=O) groups is 2. The van der Waals surface area contributed by atoms with Gasteiger partial charge in [-0.2, -0.15) is 0 Å². The number of nitrogens with one attached hydrogen (secondary N) is 2. The Morgan fingerprint density at radius 1 is 1.27 bits per heavy atom. The Labute approximate surface area is 129 Å². The zero-order chi connectivity index (χ0) is 15.9. The van der Waals surface area contributed by atoms with Gasteiger partial charge in [-0.3, -0.25) is 9.59 Å². The lowest BCUT2D eigenvalue weighted by atomic mass is 9.91. The van der Waals surface area contributed by atoms with Gasteiger partial charge in [-0.15, -0.1) is 0 Å². The van der Waals surface area contributed by atoms with Crippen molar-refractivity contribution in [2.24, 2.45) is 11.7 Å². The summed E-state index contributed by atoms with van der Waals surface area (Å²) in [4.78, 5) is 23.1. The number of hydrogen-bond acceptors (Lipinski definition) is 3. The summed E-state index contributed by atoms with van der Waals surface area (Å²) >= 11 is 0. The van der Waals surface area contributed by atoms with Crippen LogP contribution in [0.5, 0.6) is 0 Å². The molecule has 4 N–H and O–H groups in total. The van der Waals surface area contributed by atoms with Crippen molar-refractivity contribution >= 4 is 11.8 Å². The number of carbonyl (C=O) groups excluding carboxylic acids is 2. The maximum atomic E-state index is 13.5. The fourth-order valence-electron chi connectivity index (χ4n) is 2.94. The van der Waals surface area contributed by atoms with Crippen LogP contribution in [0.3, 0.4) is 0 Å². The average molecular weight is 307 g/mol. The molecule has 0 bridgehead atoms. The minimum Gasteiger partial charge on any atom is -0.347 e. The van der Waals surface area contributed by atoms with Crippen LogP contribution in [0.1, 0.15) is 37.3 Å². The molecular formula is C16H22FN3O2. The lowest BCUT2D eigenvalue weighted by molar-refractivity contribution is -0.126. The molecule has 2 rings (SSSR count). The number of amides is 2. The standard InChI is InChI=1S/C16H22FN3O2/c17-13-7-3-6-12(8-13)16(11-4-1-2-5-11)20-15(22)10-19-14(21)9-18/h3,6-8,11,16H,1-2,4-5,9-10,18H2,(H,19,21)(H,20,22). The lowest BCUT2D eigenvalue weighted by Gasteiger charge is -2.25. The van der Waals surface area contributed by atoms with E-state index in [0.717, 1.165) is 31.2 Å². The van der Waals surface area contributed by atoms with Gasteiger partial charge in [0.25, 0.3) is 0 Å². The molecule has 0 aromatic heterocycles. The van der Waals surface area contributed by atoms with Crippen molar-refractivity contribution in [3.63, 3.8) is 0 Å². The molecule has 1 saturated carbocycles. The first kappa shape index (κ1) is 16.4. The van der Waals surface area contributed by atoms with E-state index >= 15 is 0 Å². The quantitative estimate of drug-likeness (QED) is 0.739. The summed E-state index contributed by atoms with van der Waals surface area (Å²) in [5, 5.41) is 5.36. The third-order valence-corrected chi connectivity index (χ3v) is 4.03. The summed E-state index contributed by atoms with van der Waals surface area (Å²) in [5.74, 6) is -0.677. The van der Waals surface area contributed by atoms with E-state index in [0.29, 0.717) is 5.92 Å². The smallest absolute Gasteiger partial charge is 0.239 e. The number of nitrogens with two attached hydrogens (primary N) is 1. The number of halogens is 1. The Kier molecular flexibility index (Phi) is 5.89. The molecule has 1 fully saturated rings. The summed E-state index contributed by atoms with van der Waals surface area (Å²) < 4.78 is 13.5. The second kappa shape index (κ2) is 7.89. The highest BCUT2D eigenvalue weighted by atomic mass is 19.1. The number of hydrogen-bond donors (Lipinski definition) is 3. The molecule has 0 saturated heterocycles. The first-order valence-corrected chi connectivity index (χ1v) is 7.61. The van der Waals surface area contributed by atoms with Crippen molar-refractivity contribution in [3.8, 4) is 0 Å². The number of benzene rings is 1. The van der Waals surface area contributed by atoms with Gasteiger partial charge in [-0.05, 0) is 36.5 Å². The van der Waals surface area contributed by atoms with Gasteiger partial charge < -0.3 is 16.4 Å². The Bertz CT molecular complexity index is 530. The molecule has 1 aromatic rings. The lowest BCUT2D eigenvalue weighted by Crippen LogP contribution is -2.42. The summed E-state index contributed by atoms with van der Waals surface area (Å²) in [5.41, 5.74) is 5.95. The molecule has 1 atom stereocenters. The molecule has 6 heteroatoms. The molecule has 22 heavy (non-hydrogen) atoms. The van der Waals surface area contributed by atoms with Crippen LogP contribution < -0.4 is 16.4 Å². The predicted octanol–water partition coefficient (Wildman–Crippen LogP) is 1.25. The van der Waals surface area contributed by atoms with Crippen LogP contribution in [0.15, 0.2) is 24.3 Å². The van der Waals surface area contributed by atoms with E-state index in [1.54, 1.807) is 6.07 Å². The van der Waals surface area contributed by atoms with Crippen molar-refractivity contribution in [3.05, 3.63) is 35.6 Å². The Hall–Kier alpha value is -1.95. The summed E-state index contributed by atoms with van der Waals surface area (Å²) in [6.45, 7) is -0.266. The highest BCUT2D eigenvalue weighted by Gasteiger charge is 2.27. The molecule has 2 amide bonds. The van der Waals surface area contributed by atoms with Crippen molar-refractivity contribution < 1.29 is 14.0 Å². The van der Waals surface area contributed by atoms with Crippen molar-refractivity contribution in [1.82, 2.24) is 10.6 Å². The van der Waals surface area contributed by atoms with Crippen LogP contribution in [-0.4, -0.2) is 24.9 Å². The summed E-state index contributed by atoms with van der Waals surface area (Å²) in [7, 11) is 0. The summed E-state index contributed by atoms with van der Waals surface area (Å²) in [6, 6.07) is 6.10. The van der Waals surface area contributed by atoms with Crippen LogP contribution in [0.25, 0.3) is 0 Å². The molecule has 0 spiro atoms. The molecule has 5 nitrogen and oxygen atoms in total. The Balaban J connectivity index is 2.05. The van der Waals surface area contributed by atoms with E-state index in [1.165, 1.54) is 12.1 Å². The van der Waals surface area contributed by atoms with E-state index in [2.05, 4.69) is 10.6 Å². The first-order valence-electron chi connectivity index (χ1n) is 7.61. The fraction of sp³-hybridized carbons (Fsp3) is 0.500. The van der Waals surface area contributed by atoms with E-state index in [4.69, 9.17) is 5.73 Å². The molecule has 0 heterocycles. The largest absolute Gasteiger partial charge is 0.347 e. The van der Waals surface area contributed by atoms with Gasteiger partial charge in [0.2, 0.25) is 11.8 Å². The fourth-order valence-corrected chi connectivity index (χ4v) is 2.94. The zero-order valence-electron chi connectivity index (χ0n) is 12.5. The van der Waals surface area contributed by atoms with Crippen LogP contribution in [-0.2, 0) is 9.59 Å². The van der Waals surface area contributed by atoms with Crippen molar-refractivity contribution in [1.29, 1.82) is 0 Å². The van der Waals surface area contributed by atoms with Gasteiger partial charge in [0.1, 0.15) is 5.82 Å². The monoisotopic (exact) mass is 307 g/mol. The van der Waals surface area contributed by atoms with Crippen molar-refractivity contribution in [2.45, 2.75) is 31.7 Å². The van der Waals surface area contributed by atoms with Gasteiger partial charge >= 0.3 is 0 Å². The second-order valence-corrected chi connectivity index (χ2v) is 5.63. The third-order valence-electron chi connectivity index (χ3n) is 4.03. The molecule has 1 aliphatic rings. The molecule has 0 aliphatic heterocycles. The SMILES string of the molecule is NCC(=O)NCC(=O)NC(c1cccc(F)c1)C1CCCC1. The Morgan fingerprint density at radius 3 is 2.64 bits per heavy atom. The van der Waals surface area contributed by atoms with Gasteiger partial charge in [0.15, 0.2) is 0 Å². The molecule has 1 unspecified atom stereocenters. The number of rotatable bonds is 6. The van der Waals surface area contributed by atoms with E-state index in [1.807, 2.05) is 6.07 Å². The highest BCUT2D eigenvalue weighted by molar-refractivity contribution is 5.85. The summed E-state index contributed by atoms with van der Waals surface area (Å²) in [6.07, 6.45) is 4.26. The maximum Gasteiger partial charge on any atom is 0.239 e. The predicted molar refractivity (Wildman–Crippen MR) is 81.3 cm³/mol. The average Bonchev–Trinajstić information content (AvgIpc) is 3.04. The van der Waals surface area contributed by atoms with Crippen LogP contribution in [0.4, 0.5) is 4.39 Å². The molecule has 0 radical (unpaired) electrons. The van der Waals surface area contributed by atoms with E-state index < -0.39 is 0 Å². The zero-order valence-corrected chi connectivity index (χ0v) is 12.5. The van der Waals surface area contributed by atoms with E-state index in [-0.39, 0.29) is 36.8 Å². The van der Waals surface area contributed by atoms with Crippen LogP contribution >= 0.6 is 0 Å². The minimum absolute atomic E-state index is 0.116. The first-order chi connectivity index (χ1) is 10.6. The molecular weight excluding hydrogens is 285 g/mol. The van der Waals surface area contributed by atoms with Gasteiger partial charge in [0.05, 0.1) is 19.1 Å². The third kappa shape index (κ3) is 4.53. The molecule has 120 valence electrons. The van der Waals surface area contributed by atoms with Gasteiger partial charge in [0, 0.05) is 0 Å². The topological polar surface area (TPSA) is 84.2 Å². The van der Waals surface area contributed by atoms with Crippen LogP contribution in [0.2, 0.25) is 0 Å². The normalized spacial score (nSPS) is 16.3. The maximum absolute atomic E-state index is 13.5. The van der Waals surface area contributed by atoms with Gasteiger partial charge in [-0.25, -0.2) is 4.39 Å². The second-order valence-electron chi connectivity index (χ2n) is 5.63. The molecule has 1 aliphatic carbocycles. The highest BCUT2D eigenvalue weighted by Crippen LogP contribution is 2.35. The van der Waals surface area contributed by atoms with Crippen molar-refractivity contribution in [2.75, 3.05) is 13.1 Å². The van der Waals surface area contributed by atoms with Crippen LogP contribution in [0, 0.1) is 11.7 Å². The van der Waals surface area contributed by atoms with Gasteiger partial charge in [-0.1, -0.05) is 25.0 Å². The Morgan fingerprint density at radius 2 is 2.00 bits per heavy atom. The molecule has 1 aromatic carbocycles. The van der Waals surface area contributed by atoms with E-state index in [9.17, 15) is 14.0 Å².